The van der Waals surface area contributed by atoms with Gasteiger partial charge in [-0.2, -0.15) is 0 Å². The van der Waals surface area contributed by atoms with Crippen molar-refractivity contribution in [3.05, 3.63) is 108 Å². The van der Waals surface area contributed by atoms with E-state index in [-0.39, 0.29) is 11.0 Å². The van der Waals surface area contributed by atoms with Crippen molar-refractivity contribution < 1.29 is 0 Å². The highest BCUT2D eigenvalue weighted by Gasteiger charge is 2.41. The largest absolute Gasteiger partial charge is 0.335 e. The summed E-state index contributed by atoms with van der Waals surface area (Å²) in [6.07, 6.45) is 0. The van der Waals surface area contributed by atoms with Gasteiger partial charge in [0.2, 0.25) is 0 Å². The van der Waals surface area contributed by atoms with E-state index in [1.165, 1.54) is 50.3 Å². The van der Waals surface area contributed by atoms with E-state index in [4.69, 9.17) is 0 Å². The zero-order chi connectivity index (χ0) is 23.4. The monoisotopic (exact) mass is 431 g/mol. The van der Waals surface area contributed by atoms with E-state index in [0.29, 0.717) is 0 Å². The molecular formula is C32H33N. The molecule has 0 aliphatic heterocycles. The lowest BCUT2D eigenvalue weighted by Gasteiger charge is -2.42. The minimum Gasteiger partial charge on any atom is -0.335 e. The number of nitrogens with zero attached hydrogens (tertiary/aromatic N) is 1. The molecule has 1 aliphatic carbocycles. The molecule has 0 fully saturated rings. The van der Waals surface area contributed by atoms with Crippen molar-refractivity contribution in [3.63, 3.8) is 0 Å². The molecule has 0 amide bonds. The SMILES string of the molecule is Cc1ccc2c(c1N(c1ccccc1-c1ccccc1)C(C)(C)C)C(C)(C)c1ccccc1-2. The maximum atomic E-state index is 2.58. The maximum Gasteiger partial charge on any atom is 0.0495 e. The van der Waals surface area contributed by atoms with Gasteiger partial charge in [-0.25, -0.2) is 0 Å². The van der Waals surface area contributed by atoms with Crippen LogP contribution in [0.1, 0.15) is 51.3 Å². The number of para-hydroxylation sites is 1. The summed E-state index contributed by atoms with van der Waals surface area (Å²) in [7, 11) is 0. The van der Waals surface area contributed by atoms with Gasteiger partial charge in [-0.1, -0.05) is 98.8 Å². The van der Waals surface area contributed by atoms with E-state index in [2.05, 4.69) is 137 Å². The van der Waals surface area contributed by atoms with Gasteiger partial charge in [0, 0.05) is 27.9 Å². The van der Waals surface area contributed by atoms with Gasteiger partial charge < -0.3 is 4.90 Å². The van der Waals surface area contributed by atoms with E-state index in [0.717, 1.165) is 0 Å². The molecule has 166 valence electrons. The Balaban J connectivity index is 1.83. The van der Waals surface area contributed by atoms with E-state index in [9.17, 15) is 0 Å². The first-order valence-electron chi connectivity index (χ1n) is 11.9. The first-order valence-corrected chi connectivity index (χ1v) is 11.9. The third kappa shape index (κ3) is 3.38. The summed E-state index contributed by atoms with van der Waals surface area (Å²) in [6.45, 7) is 14.0. The van der Waals surface area contributed by atoms with Crippen LogP contribution < -0.4 is 4.90 Å². The second-order valence-electron chi connectivity index (χ2n) is 10.7. The fourth-order valence-electron chi connectivity index (χ4n) is 5.59. The Morgan fingerprint density at radius 1 is 0.636 bits per heavy atom. The minimum atomic E-state index is -0.115. The predicted octanol–water partition coefficient (Wildman–Crippen LogP) is 8.90. The van der Waals surface area contributed by atoms with Gasteiger partial charge in [0.05, 0.1) is 0 Å². The van der Waals surface area contributed by atoms with Crippen LogP contribution in [-0.4, -0.2) is 5.54 Å². The highest BCUT2D eigenvalue weighted by atomic mass is 15.2. The molecule has 4 aromatic carbocycles. The van der Waals surface area contributed by atoms with Crippen LogP contribution in [0.15, 0.2) is 91.0 Å². The van der Waals surface area contributed by atoms with Crippen LogP contribution in [0.25, 0.3) is 22.3 Å². The molecule has 1 nitrogen and oxygen atoms in total. The molecule has 5 rings (SSSR count). The molecular weight excluding hydrogens is 398 g/mol. The van der Waals surface area contributed by atoms with Crippen molar-refractivity contribution in [1.29, 1.82) is 0 Å². The maximum absolute atomic E-state index is 2.58. The molecule has 0 saturated carbocycles. The van der Waals surface area contributed by atoms with Crippen LogP contribution in [0.3, 0.4) is 0 Å². The van der Waals surface area contributed by atoms with Crippen molar-refractivity contribution in [3.8, 4) is 22.3 Å². The topological polar surface area (TPSA) is 3.24 Å². The Labute approximate surface area is 198 Å². The normalized spacial score (nSPS) is 14.0. The van der Waals surface area contributed by atoms with Crippen LogP contribution in [0, 0.1) is 6.92 Å². The second kappa shape index (κ2) is 7.63. The van der Waals surface area contributed by atoms with Gasteiger partial charge in [0.25, 0.3) is 0 Å². The van der Waals surface area contributed by atoms with Crippen LogP contribution in [0.4, 0.5) is 11.4 Å². The Hall–Kier alpha value is -3.32. The molecule has 0 saturated heterocycles. The Kier molecular flexibility index (Phi) is 4.97. The van der Waals surface area contributed by atoms with Gasteiger partial charge in [0.15, 0.2) is 0 Å². The van der Waals surface area contributed by atoms with E-state index < -0.39 is 0 Å². The summed E-state index contributed by atoms with van der Waals surface area (Å²) in [5.74, 6) is 0. The molecule has 0 atom stereocenters. The predicted molar refractivity (Wildman–Crippen MR) is 143 cm³/mol. The van der Waals surface area contributed by atoms with Crippen molar-refractivity contribution in [2.24, 2.45) is 0 Å². The molecule has 0 bridgehead atoms. The molecule has 0 spiro atoms. The molecule has 33 heavy (non-hydrogen) atoms. The molecule has 1 aliphatic rings. The van der Waals surface area contributed by atoms with Gasteiger partial charge in [-0.05, 0) is 67.1 Å². The Morgan fingerprint density at radius 2 is 1.24 bits per heavy atom. The molecule has 1 heteroatoms. The lowest BCUT2D eigenvalue weighted by molar-refractivity contribution is 0.552. The van der Waals surface area contributed by atoms with Crippen LogP contribution in [-0.2, 0) is 5.41 Å². The van der Waals surface area contributed by atoms with Crippen molar-refractivity contribution in [1.82, 2.24) is 0 Å². The first-order chi connectivity index (χ1) is 15.7. The average Bonchev–Trinajstić information content (AvgIpc) is 3.03. The number of anilines is 2. The zero-order valence-electron chi connectivity index (χ0n) is 20.6. The highest BCUT2D eigenvalue weighted by molar-refractivity contribution is 5.92. The Bertz CT molecular complexity index is 1320. The smallest absolute Gasteiger partial charge is 0.0495 e. The zero-order valence-corrected chi connectivity index (χ0v) is 20.6. The molecule has 0 radical (unpaired) electrons. The van der Waals surface area contributed by atoms with Crippen LogP contribution in [0.2, 0.25) is 0 Å². The van der Waals surface area contributed by atoms with Gasteiger partial charge in [0.1, 0.15) is 0 Å². The van der Waals surface area contributed by atoms with Crippen molar-refractivity contribution in [2.45, 2.75) is 52.5 Å². The van der Waals surface area contributed by atoms with E-state index >= 15 is 0 Å². The number of hydrogen-bond donors (Lipinski definition) is 0. The summed E-state index contributed by atoms with van der Waals surface area (Å²) < 4.78 is 0. The summed E-state index contributed by atoms with van der Waals surface area (Å²) in [5, 5.41) is 0. The number of fused-ring (bicyclic) bond motifs is 3. The molecule has 0 N–H and O–H groups in total. The standard InChI is InChI=1S/C32H33N/c1-22-20-21-26-25-17-10-12-18-27(25)32(5,6)29(26)30(22)33(31(2,3)4)28-19-13-11-16-24(28)23-14-8-7-9-15-23/h7-21H,1-6H3. The van der Waals surface area contributed by atoms with Gasteiger partial charge in [-0.3, -0.25) is 0 Å². The number of hydrogen-bond acceptors (Lipinski definition) is 1. The highest BCUT2D eigenvalue weighted by Crippen LogP contribution is 2.55. The fourth-order valence-corrected chi connectivity index (χ4v) is 5.59. The quantitative estimate of drug-likeness (QED) is 0.313. The van der Waals surface area contributed by atoms with Crippen LogP contribution in [0.5, 0.6) is 0 Å². The molecule has 4 aromatic rings. The molecule has 0 aromatic heterocycles. The summed E-state index contributed by atoms with van der Waals surface area (Å²) in [6, 6.07) is 33.1. The summed E-state index contributed by atoms with van der Waals surface area (Å²) in [5.41, 5.74) is 11.8. The lowest BCUT2D eigenvalue weighted by Crippen LogP contribution is -2.40. The van der Waals surface area contributed by atoms with Crippen LogP contribution >= 0.6 is 0 Å². The lowest BCUT2D eigenvalue weighted by atomic mass is 9.79. The Morgan fingerprint density at radius 3 is 1.94 bits per heavy atom. The summed E-state index contributed by atoms with van der Waals surface area (Å²) in [4.78, 5) is 2.58. The van der Waals surface area contributed by atoms with Crippen molar-refractivity contribution in [2.75, 3.05) is 4.90 Å². The average molecular weight is 432 g/mol. The number of benzene rings is 4. The third-order valence-electron chi connectivity index (χ3n) is 7.02. The first kappa shape index (κ1) is 21.5. The molecule has 0 heterocycles. The van der Waals surface area contributed by atoms with E-state index in [1.807, 2.05) is 0 Å². The summed E-state index contributed by atoms with van der Waals surface area (Å²) >= 11 is 0. The second-order valence-corrected chi connectivity index (χ2v) is 10.7. The van der Waals surface area contributed by atoms with E-state index in [1.54, 1.807) is 0 Å². The van der Waals surface area contributed by atoms with Crippen molar-refractivity contribution >= 4 is 11.4 Å². The number of aryl methyl sites for hydroxylation is 1. The number of rotatable bonds is 3. The molecule has 0 unspecified atom stereocenters. The minimum absolute atomic E-state index is 0.0710. The third-order valence-corrected chi connectivity index (χ3v) is 7.02. The van der Waals surface area contributed by atoms with Gasteiger partial charge in [-0.15, -0.1) is 0 Å². The van der Waals surface area contributed by atoms with Gasteiger partial charge >= 0.3 is 0 Å². The fraction of sp³-hybridized carbons (Fsp3) is 0.250.